The zero-order chi connectivity index (χ0) is 18.8. The zero-order valence-corrected chi connectivity index (χ0v) is 15.4. The van der Waals surface area contributed by atoms with Gasteiger partial charge in [-0.2, -0.15) is 5.10 Å². The fourth-order valence-electron chi connectivity index (χ4n) is 2.97. The van der Waals surface area contributed by atoms with Crippen LogP contribution in [-0.4, -0.2) is 26.4 Å². The van der Waals surface area contributed by atoms with Crippen LogP contribution in [0.2, 0.25) is 0 Å². The molecule has 3 rings (SSSR count). The molecule has 0 saturated carbocycles. The van der Waals surface area contributed by atoms with Gasteiger partial charge in [-0.3, -0.25) is 9.59 Å². The summed E-state index contributed by atoms with van der Waals surface area (Å²) in [5.74, 6) is 0.0893. The molecule has 6 nitrogen and oxygen atoms in total. The number of esters is 1. The van der Waals surface area contributed by atoms with Crippen LogP contribution in [-0.2, 0) is 11.2 Å². The van der Waals surface area contributed by atoms with E-state index in [-0.39, 0.29) is 18.2 Å². The quantitative estimate of drug-likeness (QED) is 0.400. The minimum atomic E-state index is -0.323. The number of Topliss-reactive ketones (excluding diaryl/α,β-unsaturated/α-hetero) is 1. The number of aryl methyl sites for hydroxylation is 3. The molecule has 26 heavy (non-hydrogen) atoms. The molecule has 2 aromatic heterocycles. The van der Waals surface area contributed by atoms with E-state index >= 15 is 0 Å². The monoisotopic (exact) mass is 351 g/mol. The van der Waals surface area contributed by atoms with E-state index in [1.54, 1.807) is 24.3 Å². The number of fused-ring (bicyclic) bond motifs is 1. The van der Waals surface area contributed by atoms with E-state index in [2.05, 4.69) is 10.1 Å². The first-order valence-corrected chi connectivity index (χ1v) is 8.49. The highest BCUT2D eigenvalue weighted by Crippen LogP contribution is 2.18. The van der Waals surface area contributed by atoms with Crippen LogP contribution in [0.25, 0.3) is 5.65 Å². The highest BCUT2D eigenvalue weighted by Gasteiger charge is 2.14. The molecule has 0 N–H and O–H groups in total. The molecular weight excluding hydrogens is 330 g/mol. The highest BCUT2D eigenvalue weighted by molar-refractivity contribution is 5.94. The third kappa shape index (κ3) is 3.64. The van der Waals surface area contributed by atoms with Gasteiger partial charge in [-0.05, 0) is 63.9 Å². The summed E-state index contributed by atoms with van der Waals surface area (Å²) in [7, 11) is 0. The number of nitrogens with zero attached hydrogens (tertiary/aromatic N) is 3. The van der Waals surface area contributed by atoms with Gasteiger partial charge in [0.15, 0.2) is 11.4 Å². The highest BCUT2D eigenvalue weighted by atomic mass is 16.5. The van der Waals surface area contributed by atoms with Gasteiger partial charge in [-0.1, -0.05) is 0 Å². The Labute approximate surface area is 151 Å². The number of aromatic nitrogens is 3. The van der Waals surface area contributed by atoms with Crippen LogP contribution in [0.3, 0.4) is 0 Å². The Morgan fingerprint density at radius 2 is 1.81 bits per heavy atom. The number of carbonyl (C=O) groups is 2. The molecule has 0 amide bonds. The summed E-state index contributed by atoms with van der Waals surface area (Å²) in [6, 6.07) is 8.49. The van der Waals surface area contributed by atoms with E-state index in [1.807, 2.05) is 31.4 Å². The first-order chi connectivity index (χ1) is 12.3. The lowest BCUT2D eigenvalue weighted by molar-refractivity contribution is -0.134. The Bertz CT molecular complexity index is 988. The van der Waals surface area contributed by atoms with Gasteiger partial charge >= 0.3 is 5.97 Å². The lowest BCUT2D eigenvalue weighted by Crippen LogP contribution is -2.12. The Kier molecular flexibility index (Phi) is 4.84. The van der Waals surface area contributed by atoms with Crippen LogP contribution >= 0.6 is 0 Å². The summed E-state index contributed by atoms with van der Waals surface area (Å²) >= 11 is 0. The van der Waals surface area contributed by atoms with Crippen molar-refractivity contribution in [2.75, 3.05) is 0 Å². The van der Waals surface area contributed by atoms with E-state index in [0.717, 1.165) is 28.3 Å². The summed E-state index contributed by atoms with van der Waals surface area (Å²) in [4.78, 5) is 28.0. The summed E-state index contributed by atoms with van der Waals surface area (Å²) in [6.07, 6.45) is 0.771. The van der Waals surface area contributed by atoms with E-state index in [1.165, 1.54) is 6.92 Å². The molecule has 6 heteroatoms. The van der Waals surface area contributed by atoms with Crippen molar-refractivity contribution in [1.82, 2.24) is 14.6 Å². The second kappa shape index (κ2) is 7.07. The summed E-state index contributed by atoms with van der Waals surface area (Å²) in [5, 5.41) is 4.44. The fraction of sp³-hybridized carbons (Fsp3) is 0.300. The number of benzene rings is 1. The van der Waals surface area contributed by atoms with Crippen LogP contribution in [0.1, 0.15) is 46.3 Å². The molecule has 134 valence electrons. The minimum Gasteiger partial charge on any atom is -0.427 e. The van der Waals surface area contributed by atoms with Gasteiger partial charge in [0.05, 0.1) is 12.1 Å². The first kappa shape index (κ1) is 17.8. The smallest absolute Gasteiger partial charge is 0.311 e. The SMILES string of the molecule is CC(=O)c1ccc(OC(=O)CCc2c(C)nc3cc(C)nn3c2C)cc1. The third-order valence-corrected chi connectivity index (χ3v) is 4.36. The molecular formula is C20H21N3O3. The van der Waals surface area contributed by atoms with Gasteiger partial charge in [0.2, 0.25) is 0 Å². The van der Waals surface area contributed by atoms with Crippen molar-refractivity contribution in [2.24, 2.45) is 0 Å². The Morgan fingerprint density at radius 1 is 1.12 bits per heavy atom. The average Bonchev–Trinajstić information content (AvgIpc) is 2.95. The van der Waals surface area contributed by atoms with Crippen LogP contribution < -0.4 is 4.74 Å². The minimum absolute atomic E-state index is 0.0226. The maximum Gasteiger partial charge on any atom is 0.311 e. The molecule has 0 saturated heterocycles. The molecule has 0 bridgehead atoms. The first-order valence-electron chi connectivity index (χ1n) is 8.49. The predicted octanol–water partition coefficient (Wildman–Crippen LogP) is 3.40. The molecule has 1 aromatic carbocycles. The van der Waals surface area contributed by atoms with Gasteiger partial charge in [0.1, 0.15) is 5.75 Å². The number of carbonyl (C=O) groups excluding carboxylic acids is 2. The Morgan fingerprint density at radius 3 is 2.46 bits per heavy atom. The maximum atomic E-state index is 12.2. The van der Waals surface area contributed by atoms with E-state index in [0.29, 0.717) is 17.7 Å². The zero-order valence-electron chi connectivity index (χ0n) is 15.4. The van der Waals surface area contributed by atoms with Crippen molar-refractivity contribution in [2.45, 2.75) is 40.5 Å². The second-order valence-corrected chi connectivity index (χ2v) is 6.37. The number of hydrogen-bond acceptors (Lipinski definition) is 5. The fourth-order valence-corrected chi connectivity index (χ4v) is 2.97. The van der Waals surface area contributed by atoms with Crippen molar-refractivity contribution in [1.29, 1.82) is 0 Å². The molecule has 0 fully saturated rings. The van der Waals surface area contributed by atoms with Crippen LogP contribution in [0.5, 0.6) is 5.75 Å². The lowest BCUT2D eigenvalue weighted by atomic mass is 10.1. The number of rotatable bonds is 5. The van der Waals surface area contributed by atoms with E-state index in [4.69, 9.17) is 4.74 Å². The molecule has 0 aliphatic heterocycles. The number of hydrogen-bond donors (Lipinski definition) is 0. The topological polar surface area (TPSA) is 73.6 Å². The maximum absolute atomic E-state index is 12.2. The van der Waals surface area contributed by atoms with Crippen molar-refractivity contribution in [3.8, 4) is 5.75 Å². The molecule has 2 heterocycles. The van der Waals surface area contributed by atoms with Crippen molar-refractivity contribution in [3.05, 3.63) is 58.5 Å². The van der Waals surface area contributed by atoms with Gasteiger partial charge < -0.3 is 4.74 Å². The van der Waals surface area contributed by atoms with E-state index in [9.17, 15) is 9.59 Å². The molecule has 3 aromatic rings. The molecule has 0 atom stereocenters. The standard InChI is InChI=1S/C20H21N3O3/c1-12-11-19-21-13(2)18(14(3)23(19)22-12)9-10-20(25)26-17-7-5-16(6-8-17)15(4)24/h5-8,11H,9-10H2,1-4H3. The van der Waals surface area contributed by atoms with Gasteiger partial charge in [0.25, 0.3) is 0 Å². The Hall–Kier alpha value is -3.02. The largest absolute Gasteiger partial charge is 0.427 e. The average molecular weight is 351 g/mol. The summed E-state index contributed by atoms with van der Waals surface area (Å²) in [5.41, 5.74) is 5.20. The van der Waals surface area contributed by atoms with Gasteiger partial charge in [0, 0.05) is 23.0 Å². The Balaban J connectivity index is 1.69. The molecule has 0 aliphatic carbocycles. The molecule has 0 unspecified atom stereocenters. The summed E-state index contributed by atoms with van der Waals surface area (Å²) in [6.45, 7) is 7.35. The predicted molar refractivity (Wildman–Crippen MR) is 97.6 cm³/mol. The van der Waals surface area contributed by atoms with Crippen molar-refractivity contribution < 1.29 is 14.3 Å². The summed E-state index contributed by atoms with van der Waals surface area (Å²) < 4.78 is 7.16. The third-order valence-electron chi connectivity index (χ3n) is 4.36. The van der Waals surface area contributed by atoms with Crippen molar-refractivity contribution >= 4 is 17.4 Å². The molecule has 0 spiro atoms. The molecule has 0 aliphatic rings. The van der Waals surface area contributed by atoms with Gasteiger partial charge in [-0.25, -0.2) is 9.50 Å². The van der Waals surface area contributed by atoms with Crippen molar-refractivity contribution in [3.63, 3.8) is 0 Å². The lowest BCUT2D eigenvalue weighted by Gasteiger charge is -2.11. The number of ketones is 1. The van der Waals surface area contributed by atoms with Crippen LogP contribution in [0.15, 0.2) is 30.3 Å². The molecule has 0 radical (unpaired) electrons. The number of ether oxygens (including phenoxy) is 1. The normalized spacial score (nSPS) is 10.9. The van der Waals surface area contributed by atoms with Crippen LogP contribution in [0.4, 0.5) is 0 Å². The van der Waals surface area contributed by atoms with Crippen LogP contribution in [0, 0.1) is 20.8 Å². The van der Waals surface area contributed by atoms with Gasteiger partial charge in [-0.15, -0.1) is 0 Å². The van der Waals surface area contributed by atoms with E-state index < -0.39 is 0 Å². The second-order valence-electron chi connectivity index (χ2n) is 6.37.